The van der Waals surface area contributed by atoms with Crippen LogP contribution in [-0.2, 0) is 11.8 Å². The number of carbonyl (C=O) groups is 1. The first kappa shape index (κ1) is 19.6. The minimum absolute atomic E-state index is 0.178. The Kier molecular flexibility index (Phi) is 6.65. The second-order valence-electron chi connectivity index (χ2n) is 5.51. The Morgan fingerprint density at radius 1 is 1.30 bits per heavy atom. The molecule has 138 valence electrons. The topological polar surface area (TPSA) is 72.2 Å². The molecule has 9 heteroatoms. The number of benzene rings is 2. The quantitative estimate of drug-likeness (QED) is 0.338. The fraction of sp³-hybridized carbons (Fsp3) is 0.111. The van der Waals surface area contributed by atoms with Gasteiger partial charge in [-0.05, 0) is 29.8 Å². The van der Waals surface area contributed by atoms with Crippen LogP contribution in [0.5, 0.6) is 0 Å². The van der Waals surface area contributed by atoms with Crippen molar-refractivity contribution in [3.63, 3.8) is 0 Å². The summed E-state index contributed by atoms with van der Waals surface area (Å²) in [5.41, 5.74) is 4.26. The second kappa shape index (κ2) is 9.16. The van der Waals surface area contributed by atoms with E-state index in [4.69, 9.17) is 11.6 Å². The van der Waals surface area contributed by atoms with Gasteiger partial charge in [-0.25, -0.2) is 5.43 Å². The summed E-state index contributed by atoms with van der Waals surface area (Å²) in [6.07, 6.45) is 1.59. The van der Waals surface area contributed by atoms with Crippen molar-refractivity contribution in [3.05, 3.63) is 63.6 Å². The zero-order valence-electron chi connectivity index (χ0n) is 14.3. The standard InChI is InChI=1S/C18H15BrClN5OS/c1-25-17(13-5-3-7-15(20)9-13)23-24-18(25)27-11-16(26)22-21-10-12-4-2-6-14(19)8-12/h2-10H,11H2,1H3,(H,22,26). The predicted octanol–water partition coefficient (Wildman–Crippen LogP) is 4.14. The normalized spacial score (nSPS) is 11.1. The fourth-order valence-corrected chi connectivity index (χ4v) is 3.56. The van der Waals surface area contributed by atoms with Crippen LogP contribution in [0.3, 0.4) is 0 Å². The lowest BCUT2D eigenvalue weighted by Crippen LogP contribution is -2.19. The molecule has 3 aromatic rings. The summed E-state index contributed by atoms with van der Waals surface area (Å²) >= 11 is 10.7. The Morgan fingerprint density at radius 3 is 2.89 bits per heavy atom. The number of hydrogen-bond donors (Lipinski definition) is 1. The number of rotatable bonds is 6. The van der Waals surface area contributed by atoms with Gasteiger partial charge in [0.25, 0.3) is 5.91 Å². The third kappa shape index (κ3) is 5.41. The first-order valence-corrected chi connectivity index (χ1v) is 10.0. The molecule has 0 radical (unpaired) electrons. The van der Waals surface area contributed by atoms with E-state index in [1.165, 1.54) is 11.8 Å². The van der Waals surface area contributed by atoms with E-state index in [2.05, 4.69) is 36.7 Å². The van der Waals surface area contributed by atoms with Crippen LogP contribution in [0.2, 0.25) is 5.02 Å². The molecule has 0 aliphatic rings. The molecule has 0 bridgehead atoms. The van der Waals surface area contributed by atoms with Crippen molar-refractivity contribution in [2.24, 2.45) is 12.1 Å². The molecule has 0 saturated carbocycles. The highest BCUT2D eigenvalue weighted by atomic mass is 79.9. The molecule has 1 heterocycles. The lowest BCUT2D eigenvalue weighted by molar-refractivity contribution is -0.118. The molecular weight excluding hydrogens is 450 g/mol. The van der Waals surface area contributed by atoms with Gasteiger partial charge in [0.15, 0.2) is 11.0 Å². The maximum absolute atomic E-state index is 12.0. The number of nitrogens with zero attached hydrogens (tertiary/aromatic N) is 4. The minimum Gasteiger partial charge on any atom is -0.305 e. The van der Waals surface area contributed by atoms with Crippen molar-refractivity contribution in [2.75, 3.05) is 5.75 Å². The van der Waals surface area contributed by atoms with Crippen molar-refractivity contribution < 1.29 is 4.79 Å². The monoisotopic (exact) mass is 463 g/mol. The van der Waals surface area contributed by atoms with Crippen molar-refractivity contribution in [2.45, 2.75) is 5.16 Å². The number of carbonyl (C=O) groups excluding carboxylic acids is 1. The number of halogens is 2. The summed E-state index contributed by atoms with van der Waals surface area (Å²) in [6, 6.07) is 15.0. The van der Waals surface area contributed by atoms with E-state index >= 15 is 0 Å². The summed E-state index contributed by atoms with van der Waals surface area (Å²) in [5.74, 6) is 0.642. The molecular formula is C18H15BrClN5OS. The maximum atomic E-state index is 12.0. The molecule has 1 aromatic heterocycles. The Balaban J connectivity index is 1.56. The molecule has 0 fully saturated rings. The first-order chi connectivity index (χ1) is 13.0. The zero-order valence-corrected chi connectivity index (χ0v) is 17.4. The van der Waals surface area contributed by atoms with Gasteiger partial charge in [0.1, 0.15) is 0 Å². The first-order valence-electron chi connectivity index (χ1n) is 7.88. The Labute approximate surface area is 174 Å². The summed E-state index contributed by atoms with van der Waals surface area (Å²) in [6.45, 7) is 0. The summed E-state index contributed by atoms with van der Waals surface area (Å²) in [7, 11) is 1.85. The lowest BCUT2D eigenvalue weighted by atomic mass is 10.2. The van der Waals surface area contributed by atoms with E-state index in [0.717, 1.165) is 15.6 Å². The average molecular weight is 465 g/mol. The maximum Gasteiger partial charge on any atom is 0.250 e. The van der Waals surface area contributed by atoms with Crippen molar-refractivity contribution in [3.8, 4) is 11.4 Å². The van der Waals surface area contributed by atoms with Gasteiger partial charge in [0, 0.05) is 22.1 Å². The van der Waals surface area contributed by atoms with Crippen LogP contribution < -0.4 is 5.43 Å². The number of nitrogens with one attached hydrogen (secondary N) is 1. The largest absolute Gasteiger partial charge is 0.305 e. The molecule has 2 aromatic carbocycles. The van der Waals surface area contributed by atoms with E-state index in [1.54, 1.807) is 12.3 Å². The molecule has 6 nitrogen and oxygen atoms in total. The van der Waals surface area contributed by atoms with Gasteiger partial charge >= 0.3 is 0 Å². The molecule has 27 heavy (non-hydrogen) atoms. The number of hydrazone groups is 1. The number of amides is 1. The molecule has 0 aliphatic carbocycles. The third-order valence-corrected chi connectivity index (χ3v) is 5.25. The summed E-state index contributed by atoms with van der Waals surface area (Å²) in [5, 5.41) is 13.6. The Morgan fingerprint density at radius 2 is 2.11 bits per heavy atom. The number of thioether (sulfide) groups is 1. The fourth-order valence-electron chi connectivity index (χ4n) is 2.25. The number of hydrogen-bond acceptors (Lipinski definition) is 5. The van der Waals surface area contributed by atoms with E-state index in [1.807, 2.05) is 54.1 Å². The molecule has 0 unspecified atom stereocenters. The highest BCUT2D eigenvalue weighted by molar-refractivity contribution is 9.10. The number of aromatic nitrogens is 3. The van der Waals surface area contributed by atoms with Crippen LogP contribution in [0.25, 0.3) is 11.4 Å². The molecule has 0 atom stereocenters. The molecule has 3 rings (SSSR count). The van der Waals surface area contributed by atoms with Crippen LogP contribution in [-0.4, -0.2) is 32.6 Å². The van der Waals surface area contributed by atoms with Crippen LogP contribution >= 0.6 is 39.3 Å². The second-order valence-corrected chi connectivity index (χ2v) is 7.81. The van der Waals surface area contributed by atoms with Crippen LogP contribution in [0.4, 0.5) is 0 Å². The Bertz CT molecular complexity index is 991. The van der Waals surface area contributed by atoms with Crippen LogP contribution in [0, 0.1) is 0 Å². The van der Waals surface area contributed by atoms with Gasteiger partial charge in [0.05, 0.1) is 12.0 Å². The molecule has 1 amide bonds. The van der Waals surface area contributed by atoms with Gasteiger partial charge in [-0.3, -0.25) is 4.79 Å². The SMILES string of the molecule is Cn1c(SCC(=O)NN=Cc2cccc(Br)c2)nnc1-c1cccc(Cl)c1. The van der Waals surface area contributed by atoms with Crippen molar-refractivity contribution in [1.29, 1.82) is 0 Å². The Hall–Kier alpha value is -2.16. The van der Waals surface area contributed by atoms with E-state index in [-0.39, 0.29) is 11.7 Å². The smallest absolute Gasteiger partial charge is 0.250 e. The molecule has 1 N–H and O–H groups in total. The van der Waals surface area contributed by atoms with Crippen molar-refractivity contribution >= 4 is 51.4 Å². The predicted molar refractivity (Wildman–Crippen MR) is 112 cm³/mol. The molecule has 0 spiro atoms. The lowest BCUT2D eigenvalue weighted by Gasteiger charge is -2.04. The average Bonchev–Trinajstić information content (AvgIpc) is 3.01. The van der Waals surface area contributed by atoms with Crippen LogP contribution in [0.15, 0.2) is 63.3 Å². The van der Waals surface area contributed by atoms with E-state index in [9.17, 15) is 4.79 Å². The zero-order chi connectivity index (χ0) is 19.2. The summed E-state index contributed by atoms with van der Waals surface area (Å²) in [4.78, 5) is 12.0. The van der Waals surface area contributed by atoms with E-state index in [0.29, 0.717) is 16.0 Å². The van der Waals surface area contributed by atoms with Crippen molar-refractivity contribution in [1.82, 2.24) is 20.2 Å². The highest BCUT2D eigenvalue weighted by Crippen LogP contribution is 2.24. The highest BCUT2D eigenvalue weighted by Gasteiger charge is 2.13. The van der Waals surface area contributed by atoms with Gasteiger partial charge in [0.2, 0.25) is 0 Å². The van der Waals surface area contributed by atoms with Gasteiger partial charge in [-0.2, -0.15) is 5.10 Å². The minimum atomic E-state index is -0.224. The van der Waals surface area contributed by atoms with E-state index < -0.39 is 0 Å². The van der Waals surface area contributed by atoms with Crippen LogP contribution in [0.1, 0.15) is 5.56 Å². The summed E-state index contributed by atoms with van der Waals surface area (Å²) < 4.78 is 2.78. The third-order valence-electron chi connectivity index (χ3n) is 3.50. The van der Waals surface area contributed by atoms with Gasteiger partial charge in [-0.15, -0.1) is 10.2 Å². The molecule has 0 saturated heterocycles. The molecule has 0 aliphatic heterocycles. The van der Waals surface area contributed by atoms with Gasteiger partial charge < -0.3 is 4.57 Å². The van der Waals surface area contributed by atoms with Gasteiger partial charge in [-0.1, -0.05) is 63.6 Å².